The van der Waals surface area contributed by atoms with Crippen molar-refractivity contribution in [2.75, 3.05) is 51.6 Å². The molecule has 0 unspecified atom stereocenters. The quantitative estimate of drug-likeness (QED) is 0.812. The van der Waals surface area contributed by atoms with E-state index in [9.17, 15) is 9.59 Å². The van der Waals surface area contributed by atoms with Crippen LogP contribution in [0.1, 0.15) is 17.5 Å². The molecule has 1 aliphatic carbocycles. The Bertz CT molecular complexity index is 617. The van der Waals surface area contributed by atoms with Crippen LogP contribution in [0.5, 0.6) is 0 Å². The van der Waals surface area contributed by atoms with Crippen molar-refractivity contribution in [3.05, 3.63) is 29.3 Å². The van der Waals surface area contributed by atoms with Gasteiger partial charge in [0.15, 0.2) is 0 Å². The Hall–Kier alpha value is -1.63. The molecule has 6 nitrogen and oxygen atoms in total. The first-order valence-corrected chi connectivity index (χ1v) is 8.70. The Morgan fingerprint density at radius 3 is 2.64 bits per heavy atom. The third-order valence-corrected chi connectivity index (χ3v) is 4.67. The van der Waals surface area contributed by atoms with Crippen LogP contribution in [0.4, 0.5) is 5.69 Å². The van der Waals surface area contributed by atoms with Crippen LogP contribution in [0.15, 0.2) is 18.2 Å². The fourth-order valence-electron chi connectivity index (χ4n) is 3.40. The van der Waals surface area contributed by atoms with Gasteiger partial charge in [0.2, 0.25) is 11.8 Å². The topological polar surface area (TPSA) is 64.7 Å². The Balaban J connectivity index is 0.00000225. The number of carbonyl (C=O) groups excluding carboxylic acids is 2. The second kappa shape index (κ2) is 9.17. The van der Waals surface area contributed by atoms with Crippen LogP contribution in [0, 0.1) is 0 Å². The van der Waals surface area contributed by atoms with Crippen molar-refractivity contribution >= 4 is 29.9 Å². The summed E-state index contributed by atoms with van der Waals surface area (Å²) in [6.07, 6.45) is 3.43. The van der Waals surface area contributed by atoms with Crippen LogP contribution in [0.3, 0.4) is 0 Å². The third kappa shape index (κ3) is 5.42. The molecule has 138 valence electrons. The van der Waals surface area contributed by atoms with Crippen molar-refractivity contribution in [1.82, 2.24) is 15.1 Å². The van der Waals surface area contributed by atoms with Crippen molar-refractivity contribution in [2.24, 2.45) is 0 Å². The lowest BCUT2D eigenvalue weighted by molar-refractivity contribution is -0.133. The summed E-state index contributed by atoms with van der Waals surface area (Å²) in [6, 6.07) is 6.15. The predicted molar refractivity (Wildman–Crippen MR) is 101 cm³/mol. The molecule has 2 N–H and O–H groups in total. The van der Waals surface area contributed by atoms with Crippen LogP contribution in [-0.2, 0) is 22.4 Å². The minimum atomic E-state index is -0.0800. The summed E-state index contributed by atoms with van der Waals surface area (Å²) in [6.45, 7) is 3.66. The van der Waals surface area contributed by atoms with Gasteiger partial charge in [0.05, 0.1) is 13.1 Å². The van der Waals surface area contributed by atoms with E-state index in [4.69, 9.17) is 0 Å². The molecule has 25 heavy (non-hydrogen) atoms. The number of amides is 2. The molecule has 7 heteroatoms. The van der Waals surface area contributed by atoms with Crippen LogP contribution < -0.4 is 10.6 Å². The maximum atomic E-state index is 12.2. The molecule has 1 heterocycles. The number of nitrogens with one attached hydrogen (secondary N) is 2. The van der Waals surface area contributed by atoms with E-state index in [2.05, 4.69) is 22.8 Å². The van der Waals surface area contributed by atoms with E-state index in [0.29, 0.717) is 0 Å². The highest BCUT2D eigenvalue weighted by molar-refractivity contribution is 5.92. The molecule has 1 fully saturated rings. The standard InChI is InChI=1S/C18H26N4O2.ClH/c1-21(13-18(24)22-9-7-19-8-10-22)12-17(23)20-16-6-5-14-3-2-4-15(14)11-16;/h5-6,11,19H,2-4,7-10,12-13H2,1H3,(H,20,23);1H. The Kier molecular flexibility index (Phi) is 7.23. The van der Waals surface area contributed by atoms with Crippen LogP contribution >= 0.6 is 12.4 Å². The first kappa shape index (κ1) is 19.7. The molecule has 1 aromatic rings. The van der Waals surface area contributed by atoms with Crippen LogP contribution in [0.25, 0.3) is 0 Å². The number of benzene rings is 1. The van der Waals surface area contributed by atoms with Gasteiger partial charge in [-0.25, -0.2) is 0 Å². The van der Waals surface area contributed by atoms with Gasteiger partial charge in [-0.1, -0.05) is 6.07 Å². The minimum Gasteiger partial charge on any atom is -0.339 e. The van der Waals surface area contributed by atoms with E-state index in [1.165, 1.54) is 17.5 Å². The summed E-state index contributed by atoms with van der Waals surface area (Å²) in [4.78, 5) is 28.0. The molecule has 0 saturated carbocycles. The number of halogens is 1. The number of fused-ring (bicyclic) bond motifs is 1. The molecule has 1 aromatic carbocycles. The number of hydrogen-bond acceptors (Lipinski definition) is 4. The molecule has 1 saturated heterocycles. The zero-order valence-electron chi connectivity index (χ0n) is 14.7. The van der Waals surface area contributed by atoms with Gasteiger partial charge in [0, 0.05) is 31.9 Å². The number of rotatable bonds is 5. The minimum absolute atomic E-state index is 0. The number of hydrogen-bond donors (Lipinski definition) is 2. The number of carbonyl (C=O) groups is 2. The van der Waals surface area contributed by atoms with E-state index in [0.717, 1.165) is 44.7 Å². The van der Waals surface area contributed by atoms with Crippen molar-refractivity contribution in [2.45, 2.75) is 19.3 Å². The average molecular weight is 367 g/mol. The predicted octanol–water partition coefficient (Wildman–Crippen LogP) is 0.899. The molecular weight excluding hydrogens is 340 g/mol. The lowest BCUT2D eigenvalue weighted by Crippen LogP contribution is -2.49. The molecule has 0 spiro atoms. The van der Waals surface area contributed by atoms with Gasteiger partial charge in [-0.05, 0) is 49.6 Å². The maximum absolute atomic E-state index is 12.2. The maximum Gasteiger partial charge on any atom is 0.238 e. The van der Waals surface area contributed by atoms with Gasteiger partial charge in [0.1, 0.15) is 0 Å². The monoisotopic (exact) mass is 366 g/mol. The van der Waals surface area contributed by atoms with E-state index in [-0.39, 0.29) is 37.3 Å². The van der Waals surface area contributed by atoms with E-state index >= 15 is 0 Å². The lowest BCUT2D eigenvalue weighted by Gasteiger charge is -2.29. The normalized spacial score (nSPS) is 16.3. The Morgan fingerprint density at radius 2 is 1.88 bits per heavy atom. The van der Waals surface area contributed by atoms with Crippen molar-refractivity contribution in [1.29, 1.82) is 0 Å². The summed E-state index contributed by atoms with van der Waals surface area (Å²) >= 11 is 0. The first-order valence-electron chi connectivity index (χ1n) is 8.70. The molecule has 0 aromatic heterocycles. The number of nitrogens with zero attached hydrogens (tertiary/aromatic N) is 2. The van der Waals surface area contributed by atoms with E-state index in [1.54, 1.807) is 4.90 Å². The summed E-state index contributed by atoms with van der Waals surface area (Å²) in [5, 5.41) is 6.17. The first-order chi connectivity index (χ1) is 11.6. The highest BCUT2D eigenvalue weighted by atomic mass is 35.5. The fourth-order valence-corrected chi connectivity index (χ4v) is 3.40. The number of piperazine rings is 1. The van der Waals surface area contributed by atoms with Crippen LogP contribution in [0.2, 0.25) is 0 Å². The zero-order chi connectivity index (χ0) is 16.9. The summed E-state index contributed by atoms with van der Waals surface area (Å²) < 4.78 is 0. The smallest absolute Gasteiger partial charge is 0.238 e. The van der Waals surface area contributed by atoms with E-state index < -0.39 is 0 Å². The highest BCUT2D eigenvalue weighted by Gasteiger charge is 2.19. The number of likely N-dealkylation sites (N-methyl/N-ethyl adjacent to an activating group) is 1. The molecule has 2 amide bonds. The third-order valence-electron chi connectivity index (χ3n) is 4.67. The van der Waals surface area contributed by atoms with Crippen molar-refractivity contribution < 1.29 is 9.59 Å². The summed E-state index contributed by atoms with van der Waals surface area (Å²) in [5.41, 5.74) is 3.59. The summed E-state index contributed by atoms with van der Waals surface area (Å²) in [7, 11) is 1.81. The van der Waals surface area contributed by atoms with Gasteiger partial charge in [0.25, 0.3) is 0 Å². The van der Waals surface area contributed by atoms with Crippen molar-refractivity contribution in [3.8, 4) is 0 Å². The van der Waals surface area contributed by atoms with Gasteiger partial charge >= 0.3 is 0 Å². The lowest BCUT2D eigenvalue weighted by atomic mass is 10.1. The molecular formula is C18H27ClN4O2. The van der Waals surface area contributed by atoms with Gasteiger partial charge < -0.3 is 15.5 Å². The summed E-state index contributed by atoms with van der Waals surface area (Å²) in [5.74, 6) is 0.00730. The molecule has 0 radical (unpaired) electrons. The highest BCUT2D eigenvalue weighted by Crippen LogP contribution is 2.24. The van der Waals surface area contributed by atoms with E-state index in [1.807, 2.05) is 18.0 Å². The molecule has 0 atom stereocenters. The SMILES string of the molecule is CN(CC(=O)Nc1ccc2c(c1)CCC2)CC(=O)N1CCNCC1.Cl. The van der Waals surface area contributed by atoms with Crippen molar-refractivity contribution in [3.63, 3.8) is 0 Å². The molecule has 3 rings (SSSR count). The van der Waals surface area contributed by atoms with Crippen LogP contribution in [-0.4, -0.2) is 67.9 Å². The Labute approximate surface area is 155 Å². The Morgan fingerprint density at radius 1 is 1.16 bits per heavy atom. The van der Waals surface area contributed by atoms with Gasteiger partial charge in [-0.2, -0.15) is 0 Å². The zero-order valence-corrected chi connectivity index (χ0v) is 15.5. The average Bonchev–Trinajstić information content (AvgIpc) is 3.03. The molecule has 1 aliphatic heterocycles. The molecule has 2 aliphatic rings. The molecule has 0 bridgehead atoms. The van der Waals surface area contributed by atoms with Gasteiger partial charge in [-0.3, -0.25) is 14.5 Å². The second-order valence-corrected chi connectivity index (χ2v) is 6.69. The van der Waals surface area contributed by atoms with Gasteiger partial charge in [-0.15, -0.1) is 12.4 Å². The second-order valence-electron chi connectivity index (χ2n) is 6.69. The fraction of sp³-hybridized carbons (Fsp3) is 0.556. The largest absolute Gasteiger partial charge is 0.339 e. The number of aryl methyl sites for hydroxylation is 2. The number of anilines is 1.